The summed E-state index contributed by atoms with van der Waals surface area (Å²) in [6.07, 6.45) is 8.85. The maximum atomic E-state index is 6.57. The molecular weight excluding hydrogens is 674 g/mol. The van der Waals surface area contributed by atoms with Crippen LogP contribution in [0.1, 0.15) is 56.7 Å². The van der Waals surface area contributed by atoms with Gasteiger partial charge in [-0.15, -0.1) is 0 Å². The molecule has 2 saturated heterocycles. The first kappa shape index (κ1) is 36.1. The Hall–Kier alpha value is -4.31. The Kier molecular flexibility index (Phi) is 12.1. The van der Waals surface area contributed by atoms with Crippen LogP contribution in [0.25, 0.3) is 22.4 Å². The molecule has 274 valence electrons. The predicted molar refractivity (Wildman–Crippen MR) is 207 cm³/mol. The van der Waals surface area contributed by atoms with E-state index in [4.69, 9.17) is 35.5 Å². The monoisotopic (exact) mass is 723 g/mol. The van der Waals surface area contributed by atoms with Crippen LogP contribution in [-0.4, -0.2) is 76.8 Å². The quantitative estimate of drug-likeness (QED) is 0.0941. The van der Waals surface area contributed by atoms with E-state index in [1.807, 2.05) is 67.6 Å². The second-order valence-corrected chi connectivity index (χ2v) is 14.2. The molecule has 52 heavy (non-hydrogen) atoms. The van der Waals surface area contributed by atoms with Crippen LogP contribution in [-0.2, 0) is 13.2 Å². The number of hydrogen-bond donors (Lipinski definition) is 0. The van der Waals surface area contributed by atoms with E-state index in [1.54, 1.807) is 6.20 Å². The highest BCUT2D eigenvalue weighted by atomic mass is 35.5. The number of benzene rings is 3. The van der Waals surface area contributed by atoms with Gasteiger partial charge in [0.1, 0.15) is 54.2 Å². The van der Waals surface area contributed by atoms with Gasteiger partial charge in [-0.05, 0) is 113 Å². The van der Waals surface area contributed by atoms with Crippen LogP contribution >= 0.6 is 11.6 Å². The number of unbranched alkanes of at least 4 members (excludes halogenated alkanes) is 1. The van der Waals surface area contributed by atoms with Crippen molar-refractivity contribution in [3.05, 3.63) is 89.2 Å². The number of nitrogens with zero attached hydrogens (tertiary/aromatic N) is 5. The molecule has 7 rings (SSSR count). The van der Waals surface area contributed by atoms with Crippen molar-refractivity contribution in [1.82, 2.24) is 24.3 Å². The van der Waals surface area contributed by atoms with E-state index in [9.17, 15) is 0 Å². The SMILES string of the molecule is CCCCn1c(-c2ccc(Oc3ccc(Cl)c(C)c3)cc2OCc2ccccn2)nc2c(OCCN3CCCC3)cc(OCCN3CCCC3)cc21. The standard InChI is InChI=1S/C42H50ClN5O4/c1-3-4-21-48-38-27-35(49-24-22-46-17-7-8-18-46)29-40(50-25-23-47-19-9-10-20-47)41(38)45-42(48)36-14-12-34(52-33-13-15-37(43)31(2)26-33)28-39(36)51-30-32-11-5-6-16-44-32/h5-6,11-16,26-29H,3-4,7-10,17-25,30H2,1-2H3. The molecule has 0 N–H and O–H groups in total. The average Bonchev–Trinajstić information content (AvgIpc) is 3.95. The molecule has 0 aliphatic carbocycles. The first-order valence-electron chi connectivity index (χ1n) is 18.9. The second kappa shape index (κ2) is 17.5. The van der Waals surface area contributed by atoms with Gasteiger partial charge in [-0.2, -0.15) is 0 Å². The van der Waals surface area contributed by atoms with Gasteiger partial charge >= 0.3 is 0 Å². The predicted octanol–water partition coefficient (Wildman–Crippen LogP) is 9.18. The van der Waals surface area contributed by atoms with Crippen LogP contribution in [0.4, 0.5) is 0 Å². The molecule has 2 aliphatic heterocycles. The minimum atomic E-state index is 0.298. The number of hydrogen-bond acceptors (Lipinski definition) is 8. The molecule has 0 spiro atoms. The van der Waals surface area contributed by atoms with Gasteiger partial charge in [0.2, 0.25) is 0 Å². The Morgan fingerprint density at radius 3 is 2.15 bits per heavy atom. The number of rotatable bonds is 17. The van der Waals surface area contributed by atoms with Crippen molar-refractivity contribution in [2.45, 2.75) is 65.5 Å². The second-order valence-electron chi connectivity index (χ2n) is 13.8. The van der Waals surface area contributed by atoms with E-state index < -0.39 is 0 Å². The molecule has 9 nitrogen and oxygen atoms in total. The van der Waals surface area contributed by atoms with Crippen molar-refractivity contribution in [2.24, 2.45) is 0 Å². The van der Waals surface area contributed by atoms with Gasteiger partial charge in [0, 0.05) is 49.1 Å². The molecule has 0 unspecified atom stereocenters. The van der Waals surface area contributed by atoms with Crippen molar-refractivity contribution in [3.8, 4) is 40.1 Å². The largest absolute Gasteiger partial charge is 0.492 e. The minimum Gasteiger partial charge on any atom is -0.492 e. The summed E-state index contributed by atoms with van der Waals surface area (Å²) >= 11 is 6.30. The molecule has 0 amide bonds. The van der Waals surface area contributed by atoms with E-state index in [1.165, 1.54) is 25.7 Å². The van der Waals surface area contributed by atoms with Crippen LogP contribution in [0, 0.1) is 6.92 Å². The normalized spacial score (nSPS) is 15.1. The topological polar surface area (TPSA) is 74.1 Å². The summed E-state index contributed by atoms with van der Waals surface area (Å²) in [5, 5.41) is 0.701. The van der Waals surface area contributed by atoms with Gasteiger partial charge < -0.3 is 23.5 Å². The van der Waals surface area contributed by atoms with Gasteiger partial charge in [0.15, 0.2) is 5.75 Å². The number of fused-ring (bicyclic) bond motifs is 1. The third-order valence-electron chi connectivity index (χ3n) is 9.93. The zero-order valence-corrected chi connectivity index (χ0v) is 31.2. The van der Waals surface area contributed by atoms with E-state index in [0.717, 1.165) is 104 Å². The summed E-state index contributed by atoms with van der Waals surface area (Å²) in [4.78, 5) is 14.8. The Balaban J connectivity index is 1.26. The Labute approximate surface area is 312 Å². The number of aromatic nitrogens is 3. The zero-order valence-electron chi connectivity index (χ0n) is 30.5. The first-order chi connectivity index (χ1) is 25.5. The van der Waals surface area contributed by atoms with Gasteiger partial charge in [-0.1, -0.05) is 31.0 Å². The smallest absolute Gasteiger partial charge is 0.150 e. The molecular formula is C42H50ClN5O4. The number of pyridine rings is 1. The molecule has 0 atom stereocenters. The lowest BCUT2D eigenvalue weighted by Crippen LogP contribution is -2.25. The lowest BCUT2D eigenvalue weighted by molar-refractivity contribution is 0.231. The highest BCUT2D eigenvalue weighted by Crippen LogP contribution is 2.40. The highest BCUT2D eigenvalue weighted by Gasteiger charge is 2.22. The summed E-state index contributed by atoms with van der Waals surface area (Å²) < 4.78 is 28.2. The van der Waals surface area contributed by atoms with Gasteiger partial charge in [-0.25, -0.2) is 4.98 Å². The molecule has 4 heterocycles. The number of halogens is 1. The van der Waals surface area contributed by atoms with Gasteiger partial charge in [0.05, 0.1) is 16.8 Å². The highest BCUT2D eigenvalue weighted by molar-refractivity contribution is 6.31. The van der Waals surface area contributed by atoms with Crippen molar-refractivity contribution < 1.29 is 18.9 Å². The van der Waals surface area contributed by atoms with Crippen molar-refractivity contribution in [1.29, 1.82) is 0 Å². The summed E-state index contributed by atoms with van der Waals surface area (Å²) in [7, 11) is 0. The molecule has 2 aromatic heterocycles. The molecule has 0 bridgehead atoms. The molecule has 5 aromatic rings. The summed E-state index contributed by atoms with van der Waals surface area (Å²) in [5.41, 5.74) is 4.46. The minimum absolute atomic E-state index is 0.298. The van der Waals surface area contributed by atoms with Crippen LogP contribution in [0.5, 0.6) is 28.7 Å². The van der Waals surface area contributed by atoms with Crippen molar-refractivity contribution in [2.75, 3.05) is 52.5 Å². The van der Waals surface area contributed by atoms with E-state index >= 15 is 0 Å². The molecule has 0 saturated carbocycles. The van der Waals surface area contributed by atoms with Crippen LogP contribution < -0.4 is 18.9 Å². The maximum Gasteiger partial charge on any atom is 0.150 e. The van der Waals surface area contributed by atoms with Crippen LogP contribution in [0.3, 0.4) is 0 Å². The maximum absolute atomic E-state index is 6.57. The fraction of sp³-hybridized carbons (Fsp3) is 0.429. The van der Waals surface area contributed by atoms with Gasteiger partial charge in [-0.3, -0.25) is 14.8 Å². The molecule has 0 radical (unpaired) electrons. The van der Waals surface area contributed by atoms with E-state index in [0.29, 0.717) is 42.1 Å². The third-order valence-corrected chi connectivity index (χ3v) is 10.4. The number of likely N-dealkylation sites (tertiary alicyclic amines) is 2. The fourth-order valence-electron chi connectivity index (χ4n) is 7.02. The molecule has 2 aliphatic rings. The lowest BCUT2D eigenvalue weighted by Gasteiger charge is -2.17. The molecule has 3 aromatic carbocycles. The lowest BCUT2D eigenvalue weighted by atomic mass is 10.1. The van der Waals surface area contributed by atoms with Crippen molar-refractivity contribution in [3.63, 3.8) is 0 Å². The summed E-state index contributed by atoms with van der Waals surface area (Å²) in [6.45, 7) is 12.9. The fourth-order valence-corrected chi connectivity index (χ4v) is 7.14. The van der Waals surface area contributed by atoms with Gasteiger partial charge in [0.25, 0.3) is 0 Å². The number of imidazole rings is 1. The van der Waals surface area contributed by atoms with E-state index in [2.05, 4.69) is 32.3 Å². The molecule has 10 heteroatoms. The third kappa shape index (κ3) is 9.00. The van der Waals surface area contributed by atoms with E-state index in [-0.39, 0.29) is 0 Å². The Morgan fingerprint density at radius 1 is 0.731 bits per heavy atom. The number of aryl methyl sites for hydroxylation is 2. The average molecular weight is 724 g/mol. The Bertz CT molecular complexity index is 1920. The number of ether oxygens (including phenoxy) is 4. The first-order valence-corrected chi connectivity index (χ1v) is 19.3. The zero-order chi connectivity index (χ0) is 35.7. The van der Waals surface area contributed by atoms with Crippen molar-refractivity contribution >= 4 is 22.6 Å². The Morgan fingerprint density at radius 2 is 1.44 bits per heavy atom. The summed E-state index contributed by atoms with van der Waals surface area (Å²) in [6, 6.07) is 21.6. The van der Waals surface area contributed by atoms with Crippen LogP contribution in [0.15, 0.2) is 72.9 Å². The summed E-state index contributed by atoms with van der Waals surface area (Å²) in [5.74, 6) is 4.37. The molecule has 2 fully saturated rings. The van der Waals surface area contributed by atoms with Crippen LogP contribution in [0.2, 0.25) is 5.02 Å².